The summed E-state index contributed by atoms with van der Waals surface area (Å²) in [6, 6.07) is 4.91. The zero-order valence-electron chi connectivity index (χ0n) is 11.4. The lowest BCUT2D eigenvalue weighted by atomic mass is 9.61. The summed E-state index contributed by atoms with van der Waals surface area (Å²) in [5, 5.41) is 0. The Kier molecular flexibility index (Phi) is 4.42. The molecular weight excluding hydrogens is 387 g/mol. The highest BCUT2D eigenvalue weighted by molar-refractivity contribution is 9.10. The van der Waals surface area contributed by atoms with Crippen LogP contribution in [-0.2, 0) is 0 Å². The molecule has 0 N–H and O–H groups in total. The van der Waals surface area contributed by atoms with Gasteiger partial charge < -0.3 is 4.74 Å². The van der Waals surface area contributed by atoms with Crippen molar-refractivity contribution < 1.29 is 9.13 Å². The zero-order chi connectivity index (χ0) is 14.2. The van der Waals surface area contributed by atoms with Crippen molar-refractivity contribution in [3.8, 4) is 5.75 Å². The van der Waals surface area contributed by atoms with Crippen molar-refractivity contribution in [3.05, 3.63) is 28.5 Å². The number of ether oxygens (including phenoxy) is 1. The summed E-state index contributed by atoms with van der Waals surface area (Å²) in [6.45, 7) is 0. The van der Waals surface area contributed by atoms with Gasteiger partial charge in [-0.15, -0.1) is 0 Å². The molecule has 0 heterocycles. The van der Waals surface area contributed by atoms with Gasteiger partial charge in [0.25, 0.3) is 0 Å². The number of rotatable bonds is 2. The molecule has 2 saturated carbocycles. The van der Waals surface area contributed by atoms with E-state index in [0.717, 1.165) is 10.9 Å². The maximum Gasteiger partial charge on any atom is 0.165 e. The standard InChI is InChI=1S/C16H19Br2FO/c17-11-5-6-12(19)13(9-11)20-15-10-14(18)16(15)7-3-1-2-4-8-16/h5-6,9,14-15H,1-4,7-8,10H2. The molecule has 2 aliphatic carbocycles. The Labute approximate surface area is 136 Å². The molecule has 1 nitrogen and oxygen atoms in total. The van der Waals surface area contributed by atoms with E-state index in [9.17, 15) is 4.39 Å². The lowest BCUT2D eigenvalue weighted by Gasteiger charge is -2.53. The molecule has 2 aliphatic rings. The van der Waals surface area contributed by atoms with Crippen molar-refractivity contribution in [2.75, 3.05) is 0 Å². The van der Waals surface area contributed by atoms with Crippen LogP contribution in [0.4, 0.5) is 4.39 Å². The molecule has 1 aromatic rings. The molecule has 3 rings (SSSR count). The van der Waals surface area contributed by atoms with Gasteiger partial charge in [0.1, 0.15) is 6.10 Å². The summed E-state index contributed by atoms with van der Waals surface area (Å²) in [6.07, 6.45) is 8.69. The van der Waals surface area contributed by atoms with E-state index in [1.807, 2.05) is 0 Å². The predicted molar refractivity (Wildman–Crippen MR) is 86.0 cm³/mol. The molecule has 2 atom stereocenters. The first-order chi connectivity index (χ1) is 9.62. The third-order valence-electron chi connectivity index (χ3n) is 4.88. The quantitative estimate of drug-likeness (QED) is 0.561. The summed E-state index contributed by atoms with van der Waals surface area (Å²) in [7, 11) is 0. The Morgan fingerprint density at radius 1 is 1.15 bits per heavy atom. The first-order valence-electron chi connectivity index (χ1n) is 7.37. The van der Waals surface area contributed by atoms with Gasteiger partial charge in [-0.3, -0.25) is 0 Å². The highest BCUT2D eigenvalue weighted by Gasteiger charge is 2.55. The highest BCUT2D eigenvalue weighted by atomic mass is 79.9. The molecule has 2 unspecified atom stereocenters. The van der Waals surface area contributed by atoms with Crippen LogP contribution >= 0.6 is 31.9 Å². The molecular formula is C16H19Br2FO. The summed E-state index contributed by atoms with van der Waals surface area (Å²) >= 11 is 7.20. The summed E-state index contributed by atoms with van der Waals surface area (Å²) in [4.78, 5) is 0.522. The number of alkyl halides is 1. The molecule has 1 aromatic carbocycles. The van der Waals surface area contributed by atoms with Crippen LogP contribution in [0.1, 0.15) is 44.9 Å². The van der Waals surface area contributed by atoms with Gasteiger partial charge in [-0.2, -0.15) is 0 Å². The van der Waals surface area contributed by atoms with E-state index in [2.05, 4.69) is 31.9 Å². The first kappa shape index (κ1) is 14.8. The topological polar surface area (TPSA) is 9.23 Å². The SMILES string of the molecule is Fc1ccc(Br)cc1OC1CC(Br)C12CCCCCC2. The van der Waals surface area contributed by atoms with E-state index in [1.165, 1.54) is 44.6 Å². The Hall–Kier alpha value is -0.0900. The smallest absolute Gasteiger partial charge is 0.165 e. The molecule has 2 fully saturated rings. The summed E-state index contributed by atoms with van der Waals surface area (Å²) in [5.74, 6) is 0.113. The van der Waals surface area contributed by atoms with Crippen LogP contribution in [0.25, 0.3) is 0 Å². The molecule has 0 radical (unpaired) electrons. The van der Waals surface area contributed by atoms with Crippen molar-refractivity contribution in [1.29, 1.82) is 0 Å². The Morgan fingerprint density at radius 2 is 1.85 bits per heavy atom. The van der Waals surface area contributed by atoms with E-state index in [4.69, 9.17) is 4.74 Å². The van der Waals surface area contributed by atoms with Gasteiger partial charge in [0.2, 0.25) is 0 Å². The number of benzene rings is 1. The maximum absolute atomic E-state index is 13.9. The van der Waals surface area contributed by atoms with Crippen LogP contribution in [0.15, 0.2) is 22.7 Å². The molecule has 110 valence electrons. The lowest BCUT2D eigenvalue weighted by Crippen LogP contribution is -2.56. The molecule has 0 saturated heterocycles. The van der Waals surface area contributed by atoms with Crippen LogP contribution < -0.4 is 4.74 Å². The van der Waals surface area contributed by atoms with Crippen molar-refractivity contribution in [2.24, 2.45) is 5.41 Å². The average molecular weight is 406 g/mol. The number of halogens is 3. The minimum atomic E-state index is -0.269. The summed E-state index contributed by atoms with van der Waals surface area (Å²) in [5.41, 5.74) is 0.214. The third-order valence-corrected chi connectivity index (χ3v) is 6.66. The molecule has 20 heavy (non-hydrogen) atoms. The number of hydrogen-bond acceptors (Lipinski definition) is 1. The van der Waals surface area contributed by atoms with E-state index < -0.39 is 0 Å². The fourth-order valence-electron chi connectivity index (χ4n) is 3.61. The van der Waals surface area contributed by atoms with Gasteiger partial charge >= 0.3 is 0 Å². The first-order valence-corrected chi connectivity index (χ1v) is 9.08. The van der Waals surface area contributed by atoms with E-state index in [0.29, 0.717) is 10.6 Å². The Bertz CT molecular complexity index is 483. The van der Waals surface area contributed by atoms with Crippen LogP contribution in [0.3, 0.4) is 0 Å². The largest absolute Gasteiger partial charge is 0.487 e. The normalized spacial score (nSPS) is 28.8. The van der Waals surface area contributed by atoms with Crippen LogP contribution in [0.2, 0.25) is 0 Å². The van der Waals surface area contributed by atoms with Gasteiger partial charge in [-0.25, -0.2) is 4.39 Å². The molecule has 0 aliphatic heterocycles. The van der Waals surface area contributed by atoms with E-state index in [-0.39, 0.29) is 17.3 Å². The lowest BCUT2D eigenvalue weighted by molar-refractivity contribution is -0.0480. The van der Waals surface area contributed by atoms with E-state index in [1.54, 1.807) is 12.1 Å². The fourth-order valence-corrected chi connectivity index (χ4v) is 5.04. The van der Waals surface area contributed by atoms with Crippen molar-refractivity contribution in [1.82, 2.24) is 0 Å². The monoisotopic (exact) mass is 404 g/mol. The minimum Gasteiger partial charge on any atom is -0.487 e. The number of hydrogen-bond donors (Lipinski definition) is 0. The fraction of sp³-hybridized carbons (Fsp3) is 0.625. The molecule has 1 spiro atoms. The van der Waals surface area contributed by atoms with Gasteiger partial charge in [0, 0.05) is 14.7 Å². The Morgan fingerprint density at radius 3 is 2.50 bits per heavy atom. The molecule has 0 aromatic heterocycles. The predicted octanol–water partition coefficient (Wildman–Crippen LogP) is 5.84. The van der Waals surface area contributed by atoms with Crippen LogP contribution in [0, 0.1) is 11.2 Å². The van der Waals surface area contributed by atoms with Crippen molar-refractivity contribution in [3.63, 3.8) is 0 Å². The minimum absolute atomic E-state index is 0.147. The maximum atomic E-state index is 13.9. The van der Waals surface area contributed by atoms with Crippen LogP contribution in [0.5, 0.6) is 5.75 Å². The second-order valence-corrected chi connectivity index (χ2v) is 8.05. The van der Waals surface area contributed by atoms with Crippen molar-refractivity contribution in [2.45, 2.75) is 55.9 Å². The Balaban J connectivity index is 1.78. The van der Waals surface area contributed by atoms with Gasteiger partial charge in [-0.05, 0) is 37.5 Å². The molecule has 4 heteroatoms. The summed E-state index contributed by atoms with van der Waals surface area (Å²) < 4.78 is 20.8. The van der Waals surface area contributed by atoms with Gasteiger partial charge in [0.05, 0.1) is 0 Å². The molecule has 0 amide bonds. The van der Waals surface area contributed by atoms with Gasteiger partial charge in [-0.1, -0.05) is 57.5 Å². The van der Waals surface area contributed by atoms with Crippen LogP contribution in [-0.4, -0.2) is 10.9 Å². The third kappa shape index (κ3) is 2.66. The average Bonchev–Trinajstić information content (AvgIpc) is 2.70. The molecule has 0 bridgehead atoms. The van der Waals surface area contributed by atoms with Gasteiger partial charge in [0.15, 0.2) is 11.6 Å². The van der Waals surface area contributed by atoms with E-state index >= 15 is 0 Å². The second-order valence-electron chi connectivity index (χ2n) is 6.03. The van der Waals surface area contributed by atoms with Crippen molar-refractivity contribution >= 4 is 31.9 Å². The second kappa shape index (κ2) is 5.96. The highest BCUT2D eigenvalue weighted by Crippen LogP contribution is 2.55. The zero-order valence-corrected chi connectivity index (χ0v) is 14.6.